The van der Waals surface area contributed by atoms with E-state index in [4.69, 9.17) is 9.47 Å². The normalized spacial score (nSPS) is 18.6. The van der Waals surface area contributed by atoms with Crippen LogP contribution in [0.25, 0.3) is 5.70 Å². The summed E-state index contributed by atoms with van der Waals surface area (Å²) in [5.41, 5.74) is 5.67. The Morgan fingerprint density at radius 3 is 2.67 bits per heavy atom. The molecule has 3 aliphatic rings. The number of hydrogen-bond acceptors (Lipinski definition) is 5. The second-order valence-corrected chi connectivity index (χ2v) is 12.2. The molecule has 0 atom stereocenters. The maximum atomic E-state index is 14.6. The highest BCUT2D eigenvalue weighted by atomic mass is 19.4. The molecule has 0 amide bonds. The van der Waals surface area contributed by atoms with Crippen LogP contribution in [0.4, 0.5) is 13.2 Å². The van der Waals surface area contributed by atoms with E-state index in [1.165, 1.54) is 23.6 Å². The highest BCUT2D eigenvalue weighted by Crippen LogP contribution is 2.41. The topological polar surface area (TPSA) is 76.8 Å². The molecule has 46 heavy (non-hydrogen) atoms. The first-order valence-electron chi connectivity index (χ1n) is 15.8. The van der Waals surface area contributed by atoms with Gasteiger partial charge in [0.1, 0.15) is 5.56 Å². The molecule has 7 nitrogen and oxygen atoms in total. The number of alkyl halides is 3. The highest BCUT2D eigenvalue weighted by molar-refractivity contribution is 5.90. The number of ether oxygens (including phenoxy) is 2. The zero-order valence-corrected chi connectivity index (χ0v) is 26.8. The van der Waals surface area contributed by atoms with Crippen molar-refractivity contribution < 1.29 is 32.5 Å². The van der Waals surface area contributed by atoms with E-state index >= 15 is 0 Å². The van der Waals surface area contributed by atoms with Crippen LogP contribution in [0.1, 0.15) is 78.6 Å². The molecule has 1 aromatic carbocycles. The molecule has 3 heterocycles. The second-order valence-electron chi connectivity index (χ2n) is 12.2. The molecule has 1 fully saturated rings. The summed E-state index contributed by atoms with van der Waals surface area (Å²) in [6.45, 7) is 10.7. The zero-order valence-electron chi connectivity index (χ0n) is 26.8. The third-order valence-corrected chi connectivity index (χ3v) is 9.33. The van der Waals surface area contributed by atoms with Crippen LogP contribution in [0.2, 0.25) is 0 Å². The van der Waals surface area contributed by atoms with E-state index in [1.54, 1.807) is 25.1 Å². The number of fused-ring (bicyclic) bond motifs is 1. The summed E-state index contributed by atoms with van der Waals surface area (Å²) in [4.78, 5) is 13.8. The largest absolute Gasteiger partial charge is 0.480 e. The summed E-state index contributed by atoms with van der Waals surface area (Å²) in [6, 6.07) is 3.97. The number of halogens is 3. The monoisotopic (exact) mass is 637 g/mol. The van der Waals surface area contributed by atoms with Crippen molar-refractivity contribution in [2.24, 2.45) is 0 Å². The second kappa shape index (κ2) is 14.3. The van der Waals surface area contributed by atoms with Crippen LogP contribution in [0.5, 0.6) is 5.88 Å². The van der Waals surface area contributed by atoms with Crippen LogP contribution < -0.4 is 4.74 Å². The quantitative estimate of drug-likeness (QED) is 0.268. The lowest BCUT2D eigenvalue weighted by Gasteiger charge is -2.38. The molecule has 0 unspecified atom stereocenters. The third-order valence-electron chi connectivity index (χ3n) is 9.33. The maximum absolute atomic E-state index is 14.6. The Morgan fingerprint density at radius 1 is 1.22 bits per heavy atom. The number of carboxylic acids is 1. The van der Waals surface area contributed by atoms with Crippen LogP contribution in [-0.2, 0) is 30.3 Å². The first-order chi connectivity index (χ1) is 22.0. The van der Waals surface area contributed by atoms with Gasteiger partial charge in [0.15, 0.2) is 0 Å². The Bertz CT molecular complexity index is 1610. The number of aryl methyl sites for hydroxylation is 1. The standard InChI is InChI=1S/C36H42F3N3O4/c1-23(7-5-9-25(3)42-34(45-4)32(21-40-42)35(43)44)29-10-6-8-24(2)30(29)14-13-26-11-12-27-22-41(28-16-19-46-20-17-28)18-15-31(27)33(26)36(37,38)39/h5,7,9-12,21,28H,1,6,8,13-20,22H2,2-4H3,(H,43,44)/b7-5-,25-9+. The molecule has 1 N–H and O–H groups in total. The van der Waals surface area contributed by atoms with Crippen molar-refractivity contribution in [1.82, 2.24) is 14.7 Å². The Kier molecular flexibility index (Phi) is 10.4. The van der Waals surface area contributed by atoms with E-state index in [-0.39, 0.29) is 17.9 Å². The fraction of sp³-hybridized carbons (Fsp3) is 0.444. The first-order valence-corrected chi connectivity index (χ1v) is 15.8. The molecule has 0 saturated carbocycles. The van der Waals surface area contributed by atoms with Crippen LogP contribution in [-0.4, -0.2) is 58.7 Å². The number of aromatic carboxylic acids is 1. The van der Waals surface area contributed by atoms with Crippen molar-refractivity contribution >= 4 is 11.7 Å². The van der Waals surface area contributed by atoms with Gasteiger partial charge in [-0.05, 0) is 98.3 Å². The van der Waals surface area contributed by atoms with Crippen molar-refractivity contribution in [3.05, 3.63) is 99.3 Å². The average Bonchev–Trinajstić information content (AvgIpc) is 3.48. The number of nitrogens with zero attached hydrogens (tertiary/aromatic N) is 3. The zero-order chi connectivity index (χ0) is 33.0. The molecule has 1 aliphatic carbocycles. The lowest BCUT2D eigenvalue weighted by molar-refractivity contribution is -0.139. The van der Waals surface area contributed by atoms with Crippen molar-refractivity contribution in [1.29, 1.82) is 0 Å². The van der Waals surface area contributed by atoms with Gasteiger partial charge in [0.05, 0.1) is 18.9 Å². The summed E-state index contributed by atoms with van der Waals surface area (Å²) in [5, 5.41) is 13.5. The molecule has 10 heteroatoms. The van der Waals surface area contributed by atoms with E-state index in [9.17, 15) is 23.1 Å². The minimum absolute atomic E-state index is 0.0363. The average molecular weight is 638 g/mol. The maximum Gasteiger partial charge on any atom is 0.416 e. The fourth-order valence-corrected chi connectivity index (χ4v) is 6.91. The molecule has 1 saturated heterocycles. The van der Waals surface area contributed by atoms with Crippen molar-refractivity contribution in [2.45, 2.75) is 77.6 Å². The Hall–Kier alpha value is -3.89. The molecule has 5 rings (SSSR count). The van der Waals surface area contributed by atoms with Crippen molar-refractivity contribution in [3.8, 4) is 5.88 Å². The minimum Gasteiger partial charge on any atom is -0.480 e. The Balaban J connectivity index is 1.32. The van der Waals surface area contributed by atoms with Gasteiger partial charge in [0.2, 0.25) is 5.88 Å². The van der Waals surface area contributed by atoms with Gasteiger partial charge < -0.3 is 14.6 Å². The van der Waals surface area contributed by atoms with E-state index in [2.05, 4.69) is 29.6 Å². The molecular weight excluding hydrogens is 595 g/mol. The molecule has 1 aromatic heterocycles. The van der Waals surface area contributed by atoms with Gasteiger partial charge in [-0.3, -0.25) is 4.90 Å². The van der Waals surface area contributed by atoms with Gasteiger partial charge in [-0.1, -0.05) is 42.5 Å². The van der Waals surface area contributed by atoms with Crippen LogP contribution >= 0.6 is 0 Å². The minimum atomic E-state index is -4.42. The van der Waals surface area contributed by atoms with Crippen LogP contribution in [0.3, 0.4) is 0 Å². The lowest BCUT2D eigenvalue weighted by atomic mass is 9.82. The van der Waals surface area contributed by atoms with E-state index in [1.807, 2.05) is 12.1 Å². The van der Waals surface area contributed by atoms with Gasteiger partial charge in [0, 0.05) is 38.0 Å². The number of carbonyl (C=O) groups is 1. The van der Waals surface area contributed by atoms with Gasteiger partial charge in [-0.15, -0.1) is 0 Å². The molecular formula is C36H42F3N3O4. The number of rotatable bonds is 10. The number of carboxylic acid groups (broad SMARTS) is 1. The summed E-state index contributed by atoms with van der Waals surface area (Å²) in [7, 11) is 1.39. The fourth-order valence-electron chi connectivity index (χ4n) is 6.91. The summed E-state index contributed by atoms with van der Waals surface area (Å²) in [5.74, 6) is -1.00. The molecule has 246 valence electrons. The van der Waals surface area contributed by atoms with Crippen LogP contribution in [0, 0.1) is 0 Å². The van der Waals surface area contributed by atoms with E-state index in [0.29, 0.717) is 62.0 Å². The molecule has 2 aliphatic heterocycles. The van der Waals surface area contributed by atoms with Gasteiger partial charge in [0.25, 0.3) is 0 Å². The number of allylic oxidation sites excluding steroid dienone is 9. The number of benzene rings is 1. The molecule has 0 spiro atoms. The smallest absolute Gasteiger partial charge is 0.416 e. The molecule has 2 aromatic rings. The Labute approximate surface area is 268 Å². The predicted molar refractivity (Wildman–Crippen MR) is 172 cm³/mol. The number of aromatic nitrogens is 2. The predicted octanol–water partition coefficient (Wildman–Crippen LogP) is 7.79. The third kappa shape index (κ3) is 7.23. The van der Waals surface area contributed by atoms with Crippen molar-refractivity contribution in [3.63, 3.8) is 0 Å². The molecule has 0 bridgehead atoms. The van der Waals surface area contributed by atoms with Crippen LogP contribution in [0.15, 0.2) is 71.5 Å². The van der Waals surface area contributed by atoms with Crippen molar-refractivity contribution in [2.75, 3.05) is 26.9 Å². The number of hydrogen-bond donors (Lipinski definition) is 1. The Morgan fingerprint density at radius 2 is 1.98 bits per heavy atom. The van der Waals surface area contributed by atoms with Gasteiger partial charge in [-0.25, -0.2) is 9.48 Å². The van der Waals surface area contributed by atoms with E-state index < -0.39 is 17.7 Å². The van der Waals surface area contributed by atoms with Gasteiger partial charge in [-0.2, -0.15) is 18.3 Å². The summed E-state index contributed by atoms with van der Waals surface area (Å²) in [6.07, 6.45) is 9.08. The lowest BCUT2D eigenvalue weighted by Crippen LogP contribution is -2.42. The summed E-state index contributed by atoms with van der Waals surface area (Å²) >= 11 is 0. The summed E-state index contributed by atoms with van der Waals surface area (Å²) < 4.78 is 56.0. The highest BCUT2D eigenvalue weighted by Gasteiger charge is 2.39. The molecule has 0 radical (unpaired) electrons. The first kappa shape index (κ1) is 33.5. The number of methoxy groups -OCH3 is 1. The SMILES string of the molecule is C=C(/C=C\C=C(/C)n1ncc(C(=O)O)c1OC)C1=CCCC(C)=C1CCc1ccc2c(c1C(F)(F)F)CCN(C1CCOCC1)C2. The van der Waals surface area contributed by atoms with E-state index in [0.717, 1.165) is 48.0 Å². The van der Waals surface area contributed by atoms with Gasteiger partial charge >= 0.3 is 12.1 Å².